The molecular formula is C21H23N3O4. The van der Waals surface area contributed by atoms with Crippen LogP contribution in [0.25, 0.3) is 5.76 Å². The van der Waals surface area contributed by atoms with Crippen LogP contribution in [0.5, 0.6) is 0 Å². The number of carbonyl (C=O) groups is 2. The molecule has 0 bridgehead atoms. The van der Waals surface area contributed by atoms with E-state index in [-0.39, 0.29) is 24.5 Å². The molecule has 0 saturated carbocycles. The van der Waals surface area contributed by atoms with Gasteiger partial charge in [-0.15, -0.1) is 0 Å². The number of aliphatic hydroxyl groups excluding tert-OH is 1. The van der Waals surface area contributed by atoms with Gasteiger partial charge in [-0.05, 0) is 29.8 Å². The molecule has 0 radical (unpaired) electrons. The maximum Gasteiger partial charge on any atom is 0.295 e. The Morgan fingerprint density at radius 2 is 1.79 bits per heavy atom. The van der Waals surface area contributed by atoms with E-state index in [4.69, 9.17) is 4.74 Å². The van der Waals surface area contributed by atoms with Crippen LogP contribution in [0.15, 0.2) is 54.4 Å². The van der Waals surface area contributed by atoms with Gasteiger partial charge in [-0.2, -0.15) is 0 Å². The van der Waals surface area contributed by atoms with Crippen LogP contribution < -0.4 is 4.90 Å². The third-order valence-electron chi connectivity index (χ3n) is 4.76. The average molecular weight is 381 g/mol. The van der Waals surface area contributed by atoms with Gasteiger partial charge in [0.15, 0.2) is 0 Å². The first-order chi connectivity index (χ1) is 13.5. The van der Waals surface area contributed by atoms with Crippen molar-refractivity contribution in [1.82, 2.24) is 9.88 Å². The van der Waals surface area contributed by atoms with Gasteiger partial charge in [-0.1, -0.05) is 12.1 Å². The fraction of sp³-hybridized carbons (Fsp3) is 0.286. The SMILES string of the molecule is COCCN1C(=O)C(=O)/C(=C(\O)c2ccncc2)C1c1ccc(N(C)C)cc1. The smallest absolute Gasteiger partial charge is 0.295 e. The number of Topliss-reactive ketones (excluding diaryl/α,β-unsaturated/α-hetero) is 1. The summed E-state index contributed by atoms with van der Waals surface area (Å²) >= 11 is 0. The molecule has 1 N–H and O–H groups in total. The number of benzene rings is 1. The molecule has 1 aliphatic rings. The number of likely N-dealkylation sites (tertiary alicyclic amines) is 1. The first-order valence-corrected chi connectivity index (χ1v) is 8.90. The highest BCUT2D eigenvalue weighted by Crippen LogP contribution is 2.39. The van der Waals surface area contributed by atoms with Gasteiger partial charge < -0.3 is 19.6 Å². The Balaban J connectivity index is 2.12. The van der Waals surface area contributed by atoms with E-state index in [0.29, 0.717) is 5.56 Å². The minimum atomic E-state index is -0.702. The zero-order valence-corrected chi connectivity index (χ0v) is 16.1. The van der Waals surface area contributed by atoms with Gasteiger partial charge in [0.1, 0.15) is 5.76 Å². The van der Waals surface area contributed by atoms with Crippen LogP contribution in [0.1, 0.15) is 17.2 Å². The first-order valence-electron chi connectivity index (χ1n) is 8.90. The van der Waals surface area contributed by atoms with Crippen molar-refractivity contribution in [2.45, 2.75) is 6.04 Å². The van der Waals surface area contributed by atoms with Crippen molar-refractivity contribution < 1.29 is 19.4 Å². The van der Waals surface area contributed by atoms with Crippen LogP contribution in [0.3, 0.4) is 0 Å². The van der Waals surface area contributed by atoms with Crippen LogP contribution in [0, 0.1) is 0 Å². The van der Waals surface area contributed by atoms with Gasteiger partial charge in [0.25, 0.3) is 11.7 Å². The molecule has 146 valence electrons. The molecule has 0 aliphatic carbocycles. The minimum absolute atomic E-state index is 0.0740. The lowest BCUT2D eigenvalue weighted by Gasteiger charge is -2.25. The number of carbonyl (C=O) groups excluding carboxylic acids is 2. The molecule has 1 aromatic heterocycles. The third-order valence-corrected chi connectivity index (χ3v) is 4.76. The topological polar surface area (TPSA) is 83.0 Å². The lowest BCUT2D eigenvalue weighted by Crippen LogP contribution is -2.32. The second-order valence-electron chi connectivity index (χ2n) is 6.71. The summed E-state index contributed by atoms with van der Waals surface area (Å²) in [6.07, 6.45) is 3.05. The van der Waals surface area contributed by atoms with Gasteiger partial charge in [0.2, 0.25) is 0 Å². The van der Waals surface area contributed by atoms with E-state index in [1.165, 1.54) is 24.4 Å². The van der Waals surface area contributed by atoms with Crippen molar-refractivity contribution in [3.8, 4) is 0 Å². The fourth-order valence-electron chi connectivity index (χ4n) is 3.27. The largest absolute Gasteiger partial charge is 0.507 e. The van der Waals surface area contributed by atoms with E-state index < -0.39 is 17.7 Å². The summed E-state index contributed by atoms with van der Waals surface area (Å²) in [5, 5.41) is 10.8. The van der Waals surface area contributed by atoms with E-state index >= 15 is 0 Å². The molecule has 0 spiro atoms. The fourth-order valence-corrected chi connectivity index (χ4v) is 3.27. The number of hydrogen-bond donors (Lipinski definition) is 1. The summed E-state index contributed by atoms with van der Waals surface area (Å²) in [4.78, 5) is 32.8. The maximum absolute atomic E-state index is 12.8. The third kappa shape index (κ3) is 3.61. The highest BCUT2D eigenvalue weighted by molar-refractivity contribution is 6.46. The Bertz CT molecular complexity index is 892. The summed E-state index contributed by atoms with van der Waals surface area (Å²) in [5.41, 5.74) is 2.25. The number of aromatic nitrogens is 1. The molecule has 1 aliphatic heterocycles. The van der Waals surface area contributed by atoms with Gasteiger partial charge in [-0.25, -0.2) is 0 Å². The van der Waals surface area contributed by atoms with Crippen LogP contribution >= 0.6 is 0 Å². The molecule has 1 amide bonds. The van der Waals surface area contributed by atoms with Crippen LogP contribution in [0.2, 0.25) is 0 Å². The molecular weight excluding hydrogens is 358 g/mol. The van der Waals surface area contributed by atoms with E-state index in [0.717, 1.165) is 11.3 Å². The number of anilines is 1. The monoisotopic (exact) mass is 381 g/mol. The quantitative estimate of drug-likeness (QED) is 0.469. The molecule has 1 atom stereocenters. The first kappa shape index (κ1) is 19.6. The van der Waals surface area contributed by atoms with Gasteiger partial charge >= 0.3 is 0 Å². The summed E-state index contributed by atoms with van der Waals surface area (Å²) in [5.74, 6) is -1.55. The van der Waals surface area contributed by atoms with E-state index in [9.17, 15) is 14.7 Å². The normalized spacial score (nSPS) is 18.5. The van der Waals surface area contributed by atoms with Gasteiger partial charge in [0, 0.05) is 51.4 Å². The molecule has 28 heavy (non-hydrogen) atoms. The van der Waals surface area contributed by atoms with Crippen molar-refractivity contribution in [3.05, 3.63) is 65.5 Å². The van der Waals surface area contributed by atoms with Gasteiger partial charge in [0.05, 0.1) is 18.2 Å². The number of nitrogens with zero attached hydrogens (tertiary/aromatic N) is 3. The lowest BCUT2D eigenvalue weighted by molar-refractivity contribution is -0.140. The zero-order chi connectivity index (χ0) is 20.3. The molecule has 3 rings (SSSR count). The molecule has 2 aromatic rings. The predicted molar refractivity (Wildman–Crippen MR) is 106 cm³/mol. The molecule has 7 nitrogen and oxygen atoms in total. The van der Waals surface area contributed by atoms with Crippen LogP contribution in [-0.2, 0) is 14.3 Å². The second-order valence-corrected chi connectivity index (χ2v) is 6.71. The predicted octanol–water partition coefficient (Wildman–Crippen LogP) is 2.22. The number of ketones is 1. The number of aliphatic hydroxyl groups is 1. The highest BCUT2D eigenvalue weighted by Gasteiger charge is 2.45. The van der Waals surface area contributed by atoms with E-state index in [2.05, 4.69) is 4.98 Å². The number of hydrogen-bond acceptors (Lipinski definition) is 6. The van der Waals surface area contributed by atoms with E-state index in [1.54, 1.807) is 12.1 Å². The molecule has 2 heterocycles. The number of rotatable bonds is 6. The Labute approximate surface area is 163 Å². The summed E-state index contributed by atoms with van der Waals surface area (Å²) in [6.45, 7) is 0.531. The van der Waals surface area contributed by atoms with Crippen molar-refractivity contribution in [1.29, 1.82) is 0 Å². The van der Waals surface area contributed by atoms with Crippen molar-refractivity contribution in [2.24, 2.45) is 0 Å². The van der Waals surface area contributed by atoms with Gasteiger partial charge in [-0.3, -0.25) is 14.6 Å². The number of methoxy groups -OCH3 is 1. The Hall–Kier alpha value is -3.19. The zero-order valence-electron chi connectivity index (χ0n) is 16.1. The second kappa shape index (κ2) is 8.22. The maximum atomic E-state index is 12.8. The molecule has 1 saturated heterocycles. The summed E-state index contributed by atoms with van der Waals surface area (Å²) in [7, 11) is 5.40. The molecule has 1 unspecified atom stereocenters. The minimum Gasteiger partial charge on any atom is -0.507 e. The number of amides is 1. The van der Waals surface area contributed by atoms with Crippen molar-refractivity contribution >= 4 is 23.1 Å². The molecule has 1 fully saturated rings. The van der Waals surface area contributed by atoms with Crippen LogP contribution in [-0.4, -0.2) is 61.0 Å². The van der Waals surface area contributed by atoms with Crippen molar-refractivity contribution in [3.63, 3.8) is 0 Å². The standard InChI is InChI=1S/C21H23N3O4/c1-23(2)16-6-4-14(5-7-16)18-17(19(25)15-8-10-22-11-9-15)20(26)21(27)24(18)12-13-28-3/h4-11,18,25H,12-13H2,1-3H3/b19-17-. The average Bonchev–Trinajstić information content (AvgIpc) is 2.97. The molecule has 7 heteroatoms. The Morgan fingerprint density at radius 1 is 1.14 bits per heavy atom. The lowest BCUT2D eigenvalue weighted by atomic mass is 9.95. The Morgan fingerprint density at radius 3 is 2.36 bits per heavy atom. The number of ether oxygens (including phenoxy) is 1. The molecule has 1 aromatic carbocycles. The van der Waals surface area contributed by atoms with Crippen molar-refractivity contribution in [2.75, 3.05) is 39.3 Å². The van der Waals surface area contributed by atoms with E-state index in [1.807, 2.05) is 43.3 Å². The summed E-state index contributed by atoms with van der Waals surface area (Å²) < 4.78 is 5.10. The summed E-state index contributed by atoms with van der Waals surface area (Å²) in [6, 6.07) is 10.1. The number of pyridine rings is 1. The highest BCUT2D eigenvalue weighted by atomic mass is 16.5. The van der Waals surface area contributed by atoms with Crippen LogP contribution in [0.4, 0.5) is 5.69 Å². The Kier molecular flexibility index (Phi) is 5.75.